The predicted octanol–water partition coefficient (Wildman–Crippen LogP) is -3.26. The molecule has 9 nitrogen and oxygen atoms in total. The maximum Gasteiger partial charge on any atom is 0.470 e. The Kier molecular flexibility index (Phi) is 6.23. The summed E-state index contributed by atoms with van der Waals surface area (Å²) in [5, 5.41) is 35.8. The Morgan fingerprint density at radius 2 is 1.69 bits per heavy atom. The van der Waals surface area contributed by atoms with Crippen molar-refractivity contribution >= 4 is 14.1 Å². The van der Waals surface area contributed by atoms with Crippen LogP contribution in [0.5, 0.6) is 0 Å². The van der Waals surface area contributed by atoms with Gasteiger partial charge < -0.3 is 35.0 Å². The molecule has 16 heavy (non-hydrogen) atoms. The van der Waals surface area contributed by atoms with Gasteiger partial charge in [-0.2, -0.15) is 0 Å². The van der Waals surface area contributed by atoms with Crippen molar-refractivity contribution in [3.8, 4) is 0 Å². The molecular weight excluding hydrogens is 247 g/mol. The molecule has 0 aliphatic rings. The van der Waals surface area contributed by atoms with Crippen LogP contribution in [0.3, 0.4) is 0 Å². The van der Waals surface area contributed by atoms with Crippen LogP contribution in [0, 0.1) is 0 Å². The fraction of sp³-hybridized carbons (Fsp3) is 0.833. The molecule has 0 fully saturated rings. The van der Waals surface area contributed by atoms with E-state index in [1.54, 1.807) is 0 Å². The Morgan fingerprint density at radius 3 is 2.00 bits per heavy atom. The summed E-state index contributed by atoms with van der Waals surface area (Å²) in [6, 6.07) is 0. The first-order chi connectivity index (χ1) is 7.22. The number of aldehydes is 1. The molecule has 0 aromatic carbocycles. The SMILES string of the molecule is O=C[C@H](O)[C@@H](O)[C@H](O)[C@@H](CO)OP(=O)(O)O. The van der Waals surface area contributed by atoms with Crippen molar-refractivity contribution in [2.24, 2.45) is 0 Å². The molecule has 4 atom stereocenters. The van der Waals surface area contributed by atoms with Crippen LogP contribution in [0.2, 0.25) is 0 Å². The van der Waals surface area contributed by atoms with Crippen molar-refractivity contribution in [2.75, 3.05) is 6.61 Å². The lowest BCUT2D eigenvalue weighted by Crippen LogP contribution is -2.47. The van der Waals surface area contributed by atoms with Gasteiger partial charge in [-0.1, -0.05) is 0 Å². The number of hydrogen-bond donors (Lipinski definition) is 6. The molecule has 0 aliphatic carbocycles. The molecule has 96 valence electrons. The van der Waals surface area contributed by atoms with Gasteiger partial charge in [0, 0.05) is 0 Å². The number of rotatable bonds is 7. The minimum absolute atomic E-state index is 0.0835. The van der Waals surface area contributed by atoms with Crippen LogP contribution >= 0.6 is 7.82 Å². The van der Waals surface area contributed by atoms with Crippen LogP contribution in [0.25, 0.3) is 0 Å². The van der Waals surface area contributed by atoms with E-state index >= 15 is 0 Å². The molecule has 0 aromatic rings. The van der Waals surface area contributed by atoms with Gasteiger partial charge >= 0.3 is 7.82 Å². The van der Waals surface area contributed by atoms with Crippen molar-refractivity contribution in [1.82, 2.24) is 0 Å². The summed E-state index contributed by atoms with van der Waals surface area (Å²) in [6.45, 7) is -1.02. The monoisotopic (exact) mass is 260 g/mol. The third-order valence-corrected chi connectivity index (χ3v) is 2.22. The van der Waals surface area contributed by atoms with Crippen molar-refractivity contribution in [1.29, 1.82) is 0 Å². The van der Waals surface area contributed by atoms with Crippen LogP contribution in [0.4, 0.5) is 0 Å². The Balaban J connectivity index is 4.58. The van der Waals surface area contributed by atoms with E-state index in [0.717, 1.165) is 0 Å². The van der Waals surface area contributed by atoms with E-state index < -0.39 is 38.8 Å². The van der Waals surface area contributed by atoms with E-state index in [4.69, 9.17) is 25.1 Å². The Bertz CT molecular complexity index is 263. The maximum absolute atomic E-state index is 10.4. The van der Waals surface area contributed by atoms with Crippen molar-refractivity contribution in [3.05, 3.63) is 0 Å². The Labute approximate surface area is 90.2 Å². The average molecular weight is 260 g/mol. The number of aliphatic hydroxyl groups excluding tert-OH is 4. The smallest absolute Gasteiger partial charge is 0.394 e. The zero-order valence-corrected chi connectivity index (χ0v) is 8.84. The van der Waals surface area contributed by atoms with Crippen molar-refractivity contribution < 1.29 is 44.1 Å². The highest BCUT2D eigenvalue weighted by atomic mass is 31.2. The lowest BCUT2D eigenvalue weighted by molar-refractivity contribution is -0.135. The molecule has 0 spiro atoms. The minimum atomic E-state index is -4.97. The fourth-order valence-electron chi connectivity index (χ4n) is 0.882. The second kappa shape index (κ2) is 6.38. The van der Waals surface area contributed by atoms with Gasteiger partial charge in [-0.15, -0.1) is 0 Å². The number of carbonyl (C=O) groups excluding carboxylic acids is 1. The van der Waals surface area contributed by atoms with Gasteiger partial charge in [-0.05, 0) is 0 Å². The summed E-state index contributed by atoms with van der Waals surface area (Å²) >= 11 is 0. The first kappa shape index (κ1) is 15.6. The summed E-state index contributed by atoms with van der Waals surface area (Å²) in [6.07, 6.45) is -7.92. The van der Waals surface area contributed by atoms with Gasteiger partial charge in [-0.3, -0.25) is 4.52 Å². The van der Waals surface area contributed by atoms with Gasteiger partial charge in [-0.25, -0.2) is 4.57 Å². The van der Waals surface area contributed by atoms with Crippen LogP contribution in [-0.4, -0.2) is 67.5 Å². The first-order valence-electron chi connectivity index (χ1n) is 4.07. The number of phosphoric ester groups is 1. The lowest BCUT2D eigenvalue weighted by Gasteiger charge is -2.26. The molecule has 0 saturated carbocycles. The maximum atomic E-state index is 10.4. The van der Waals surface area contributed by atoms with E-state index in [0.29, 0.717) is 0 Å². The highest BCUT2D eigenvalue weighted by Gasteiger charge is 2.35. The average Bonchev–Trinajstić information content (AvgIpc) is 2.21. The second-order valence-electron chi connectivity index (χ2n) is 2.92. The van der Waals surface area contributed by atoms with Gasteiger partial charge in [0.15, 0.2) is 6.29 Å². The normalized spacial score (nSPS) is 19.9. The number of aliphatic hydroxyl groups is 4. The van der Waals surface area contributed by atoms with Gasteiger partial charge in [0.25, 0.3) is 0 Å². The quantitative estimate of drug-likeness (QED) is 0.203. The molecular formula is C6H13O9P. The molecule has 0 rings (SSSR count). The fourth-order valence-corrected chi connectivity index (χ4v) is 1.43. The van der Waals surface area contributed by atoms with Crippen LogP contribution in [0.15, 0.2) is 0 Å². The van der Waals surface area contributed by atoms with Gasteiger partial charge in [0.2, 0.25) is 0 Å². The molecule has 0 amide bonds. The third-order valence-electron chi connectivity index (χ3n) is 1.67. The summed E-state index contributed by atoms with van der Waals surface area (Å²) in [5.41, 5.74) is 0. The Hall–Kier alpha value is -0.380. The first-order valence-corrected chi connectivity index (χ1v) is 5.60. The van der Waals surface area contributed by atoms with E-state index in [1.165, 1.54) is 0 Å². The highest BCUT2D eigenvalue weighted by Crippen LogP contribution is 2.38. The van der Waals surface area contributed by atoms with Gasteiger partial charge in [0.05, 0.1) is 6.61 Å². The molecule has 0 aromatic heterocycles. The zero-order valence-electron chi connectivity index (χ0n) is 7.95. The largest absolute Gasteiger partial charge is 0.470 e. The molecule has 6 N–H and O–H groups in total. The summed E-state index contributed by atoms with van der Waals surface area (Å²) in [4.78, 5) is 26.9. The molecule has 0 aliphatic heterocycles. The van der Waals surface area contributed by atoms with Crippen LogP contribution in [0.1, 0.15) is 0 Å². The van der Waals surface area contributed by atoms with E-state index in [1.807, 2.05) is 0 Å². The van der Waals surface area contributed by atoms with Crippen molar-refractivity contribution in [2.45, 2.75) is 24.4 Å². The molecule has 0 radical (unpaired) electrons. The van der Waals surface area contributed by atoms with Crippen LogP contribution < -0.4 is 0 Å². The third kappa shape index (κ3) is 5.10. The van der Waals surface area contributed by atoms with E-state index in [9.17, 15) is 14.5 Å². The van der Waals surface area contributed by atoms with E-state index in [2.05, 4.69) is 4.52 Å². The lowest BCUT2D eigenvalue weighted by atomic mass is 10.0. The topological polar surface area (TPSA) is 165 Å². The molecule has 0 bridgehead atoms. The molecule has 0 saturated heterocycles. The standard InChI is InChI=1S/C6H13O9P/c7-1-3(9)5(10)6(11)4(2-8)15-16(12,13)14/h1,3-6,8-11H,2H2,(H2,12,13,14)/t3-,4+,5+,6+/m0/s1. The number of carbonyl (C=O) groups is 1. The second-order valence-corrected chi connectivity index (χ2v) is 4.12. The Morgan fingerprint density at radius 1 is 1.19 bits per heavy atom. The summed E-state index contributed by atoms with van der Waals surface area (Å²) in [7, 11) is -4.97. The van der Waals surface area contributed by atoms with Gasteiger partial charge in [0.1, 0.15) is 24.4 Å². The zero-order chi connectivity index (χ0) is 12.9. The summed E-state index contributed by atoms with van der Waals surface area (Å²) < 4.78 is 14.3. The van der Waals surface area contributed by atoms with E-state index in [-0.39, 0.29) is 6.29 Å². The number of phosphoric acid groups is 1. The highest BCUT2D eigenvalue weighted by molar-refractivity contribution is 7.46. The summed E-state index contributed by atoms with van der Waals surface area (Å²) in [5.74, 6) is 0. The molecule has 10 heteroatoms. The van der Waals surface area contributed by atoms with Crippen molar-refractivity contribution in [3.63, 3.8) is 0 Å². The molecule has 0 unspecified atom stereocenters. The number of hydrogen-bond acceptors (Lipinski definition) is 7. The van der Waals surface area contributed by atoms with Crippen LogP contribution in [-0.2, 0) is 13.9 Å². The predicted molar refractivity (Wildman–Crippen MR) is 48.1 cm³/mol. The minimum Gasteiger partial charge on any atom is -0.394 e. The molecule has 0 heterocycles.